The Labute approximate surface area is 345 Å². The molecule has 0 bridgehead atoms. The maximum Gasteiger partial charge on any atom is 0.0774 e. The molecule has 0 unspecified atom stereocenters. The fourth-order valence-electron chi connectivity index (χ4n) is 7.11. The molecule has 0 aliphatic rings. The smallest absolute Gasteiger partial charge is 0.0774 e. The van der Waals surface area contributed by atoms with E-state index in [0.29, 0.717) is 23.1 Å². The first-order valence-corrected chi connectivity index (χ1v) is 18.2. The van der Waals surface area contributed by atoms with E-state index in [1.165, 1.54) is 57.5 Å². The molecule has 55 heavy (non-hydrogen) atoms. The molecule has 6 aromatic carbocycles. The zero-order chi connectivity index (χ0) is 42.3. The van der Waals surface area contributed by atoms with Crippen molar-refractivity contribution in [1.29, 1.82) is 0 Å². The standard InChI is InChI=1S/C37H31N2O.C13H12N.Ir/c1-23(2)27-14-10-15-28(24(3)4)36(27)39-34-18-8-7-17-33(34)38-37(39)32-22-40-35-20-19-26(21-31(32)35)30-16-9-12-25-11-5-6-13-29(25)30;1-10-3-6-12(7-4-10)13-8-5-11(2)9-14-13;/h5-21,23-24H,1-4H3;3-6,8-9H,1-2H3;/q2*-1;/i;1D3,2D3;. The normalized spacial score (nSPS) is 13.3. The van der Waals surface area contributed by atoms with Gasteiger partial charge in [0.1, 0.15) is 0 Å². The average molecular weight is 900 g/mol. The van der Waals surface area contributed by atoms with Gasteiger partial charge in [-0.3, -0.25) is 4.98 Å². The third-order valence-electron chi connectivity index (χ3n) is 9.82. The number of benzene rings is 6. The average Bonchev–Trinajstić information content (AvgIpc) is 3.84. The maximum atomic E-state index is 7.28. The van der Waals surface area contributed by atoms with E-state index in [4.69, 9.17) is 17.6 Å². The Morgan fingerprint density at radius 2 is 1.44 bits per heavy atom. The van der Waals surface area contributed by atoms with Crippen LogP contribution in [0.15, 0.2) is 144 Å². The maximum absolute atomic E-state index is 7.28. The second-order valence-electron chi connectivity index (χ2n) is 14.1. The molecular weight excluding hydrogens is 851 g/mol. The first-order valence-electron chi connectivity index (χ1n) is 21.2. The monoisotopic (exact) mass is 900 g/mol. The minimum absolute atomic E-state index is 0. The molecule has 3 aromatic heterocycles. The molecular formula is C50H43IrN3O-2. The summed E-state index contributed by atoms with van der Waals surface area (Å²) >= 11 is 0. The van der Waals surface area contributed by atoms with Crippen molar-refractivity contribution < 1.29 is 32.7 Å². The molecule has 0 atom stereocenters. The largest absolute Gasteiger partial charge is 0.557 e. The van der Waals surface area contributed by atoms with Gasteiger partial charge in [-0.1, -0.05) is 149 Å². The second-order valence-corrected chi connectivity index (χ2v) is 14.1. The molecule has 0 aliphatic carbocycles. The molecule has 0 N–H and O–H groups in total. The SMILES string of the molecule is CC(C)c1cccc(C(C)C)c1-n1c(-c2[c-]oc3ccc(-c4cccc5ccccc45)cc23)nc2ccccc21.[2H]C([2H])([2H])c1c[c-]c(-c2ccc(C([2H])([2H])[2H])cn2)cc1.[Ir]. The number of pyridine rings is 1. The van der Waals surface area contributed by atoms with Gasteiger partial charge in [0.05, 0.1) is 16.9 Å². The van der Waals surface area contributed by atoms with Crippen molar-refractivity contribution in [2.75, 3.05) is 0 Å². The van der Waals surface area contributed by atoms with Gasteiger partial charge >= 0.3 is 0 Å². The van der Waals surface area contributed by atoms with Crippen LogP contribution in [0.25, 0.3) is 72.2 Å². The van der Waals surface area contributed by atoms with Crippen LogP contribution in [0, 0.1) is 26.0 Å². The van der Waals surface area contributed by atoms with Crippen LogP contribution in [-0.2, 0) is 20.1 Å². The number of hydrogen-bond acceptors (Lipinski definition) is 3. The van der Waals surface area contributed by atoms with Crippen molar-refractivity contribution in [3.05, 3.63) is 174 Å². The van der Waals surface area contributed by atoms with Gasteiger partial charge in [0.2, 0.25) is 0 Å². The number of para-hydroxylation sites is 3. The van der Waals surface area contributed by atoms with Crippen molar-refractivity contribution in [2.24, 2.45) is 0 Å². The molecule has 275 valence electrons. The Hall–Kier alpha value is -5.61. The Bertz CT molecular complexity index is 2880. The van der Waals surface area contributed by atoms with E-state index in [1.54, 1.807) is 12.1 Å². The van der Waals surface area contributed by atoms with Crippen LogP contribution in [0.4, 0.5) is 0 Å². The van der Waals surface area contributed by atoms with Crippen LogP contribution >= 0.6 is 0 Å². The van der Waals surface area contributed by atoms with Gasteiger partial charge in [-0.25, -0.2) is 0 Å². The van der Waals surface area contributed by atoms with E-state index in [0.717, 1.165) is 39.0 Å². The van der Waals surface area contributed by atoms with E-state index >= 15 is 0 Å². The summed E-state index contributed by atoms with van der Waals surface area (Å²) in [4.78, 5) is 9.28. The molecule has 5 heteroatoms. The Balaban J connectivity index is 0.000000226. The summed E-state index contributed by atoms with van der Waals surface area (Å²) in [7, 11) is 0. The van der Waals surface area contributed by atoms with Gasteiger partial charge in [-0.05, 0) is 75.1 Å². The molecule has 4 nitrogen and oxygen atoms in total. The van der Waals surface area contributed by atoms with Crippen molar-refractivity contribution in [2.45, 2.75) is 53.2 Å². The summed E-state index contributed by atoms with van der Waals surface area (Å²) in [6.45, 7) is 4.71. The number of aryl methyl sites for hydroxylation is 2. The number of nitrogens with zero attached hydrogens (tertiary/aromatic N) is 3. The van der Waals surface area contributed by atoms with Gasteiger partial charge in [-0.2, -0.15) is 0 Å². The van der Waals surface area contributed by atoms with E-state index < -0.39 is 13.7 Å². The molecule has 9 aromatic rings. The summed E-state index contributed by atoms with van der Waals surface area (Å²) in [6.07, 6.45) is 4.56. The summed E-state index contributed by atoms with van der Waals surface area (Å²) < 4.78 is 52.0. The third-order valence-corrected chi connectivity index (χ3v) is 9.82. The van der Waals surface area contributed by atoms with E-state index in [1.807, 2.05) is 0 Å². The Morgan fingerprint density at radius 3 is 2.16 bits per heavy atom. The van der Waals surface area contributed by atoms with Gasteiger partial charge in [0.15, 0.2) is 0 Å². The predicted molar refractivity (Wildman–Crippen MR) is 224 cm³/mol. The van der Waals surface area contributed by atoms with Crippen LogP contribution in [0.2, 0.25) is 0 Å². The molecule has 3 heterocycles. The van der Waals surface area contributed by atoms with Crippen molar-refractivity contribution in [3.8, 4) is 39.5 Å². The molecule has 0 aliphatic heterocycles. The topological polar surface area (TPSA) is 43.9 Å². The molecule has 1 radical (unpaired) electrons. The predicted octanol–water partition coefficient (Wildman–Crippen LogP) is 13.5. The molecule has 0 spiro atoms. The number of hydrogen-bond donors (Lipinski definition) is 0. The minimum atomic E-state index is -2.18. The second kappa shape index (κ2) is 16.0. The number of furan rings is 1. The number of rotatable bonds is 6. The van der Waals surface area contributed by atoms with Crippen LogP contribution < -0.4 is 0 Å². The van der Waals surface area contributed by atoms with Crippen LogP contribution in [0.5, 0.6) is 0 Å². The fraction of sp³-hybridized carbons (Fsp3) is 0.160. The minimum Gasteiger partial charge on any atom is -0.557 e. The third kappa shape index (κ3) is 7.43. The van der Waals surface area contributed by atoms with E-state index in [2.05, 4.69) is 153 Å². The zero-order valence-electron chi connectivity index (χ0n) is 37.0. The van der Waals surface area contributed by atoms with E-state index in [-0.39, 0.29) is 31.2 Å². The molecule has 0 saturated heterocycles. The summed E-state index contributed by atoms with van der Waals surface area (Å²) in [5, 5.41) is 3.47. The number of aromatic nitrogens is 3. The molecule has 9 rings (SSSR count). The Morgan fingerprint density at radius 1 is 0.709 bits per heavy atom. The van der Waals surface area contributed by atoms with Gasteiger partial charge in [0, 0.05) is 52.1 Å². The van der Waals surface area contributed by atoms with Crippen LogP contribution in [0.1, 0.15) is 70.0 Å². The fourth-order valence-corrected chi connectivity index (χ4v) is 7.11. The quantitative estimate of drug-likeness (QED) is 0.156. The van der Waals surface area contributed by atoms with Crippen LogP contribution in [-0.4, -0.2) is 14.5 Å². The first kappa shape index (κ1) is 30.7. The van der Waals surface area contributed by atoms with Gasteiger partial charge in [0.25, 0.3) is 0 Å². The van der Waals surface area contributed by atoms with Gasteiger partial charge in [-0.15, -0.1) is 35.4 Å². The summed E-state index contributed by atoms with van der Waals surface area (Å²) in [5.41, 5.74) is 11.4. The molecule has 0 saturated carbocycles. The molecule has 0 amide bonds. The van der Waals surface area contributed by atoms with Crippen LogP contribution in [0.3, 0.4) is 0 Å². The number of imidazole rings is 1. The van der Waals surface area contributed by atoms with Crippen molar-refractivity contribution in [3.63, 3.8) is 0 Å². The molecule has 0 fully saturated rings. The zero-order valence-corrected chi connectivity index (χ0v) is 33.4. The van der Waals surface area contributed by atoms with Gasteiger partial charge < -0.3 is 14.0 Å². The van der Waals surface area contributed by atoms with E-state index in [9.17, 15) is 0 Å². The Kier molecular flexibility index (Phi) is 8.93. The van der Waals surface area contributed by atoms with Crippen molar-refractivity contribution in [1.82, 2.24) is 14.5 Å². The summed E-state index contributed by atoms with van der Waals surface area (Å²) in [5.74, 6) is 1.56. The first-order chi connectivity index (χ1) is 28.7. The number of fused-ring (bicyclic) bond motifs is 3. The van der Waals surface area contributed by atoms with Crippen molar-refractivity contribution >= 4 is 32.8 Å². The summed E-state index contributed by atoms with van der Waals surface area (Å²) in [6, 6.07) is 47.0.